The van der Waals surface area contributed by atoms with Gasteiger partial charge in [-0.1, -0.05) is 6.07 Å². The maximum atomic E-state index is 10.5. The van der Waals surface area contributed by atoms with E-state index in [-0.39, 0.29) is 17.1 Å². The first kappa shape index (κ1) is 10.3. The summed E-state index contributed by atoms with van der Waals surface area (Å²) in [4.78, 5) is 9.86. The molecule has 3 N–H and O–H groups in total. The third kappa shape index (κ3) is 2.11. The highest BCUT2D eigenvalue weighted by molar-refractivity contribution is 5.66. The van der Waals surface area contributed by atoms with Gasteiger partial charge in [0.25, 0.3) is 5.69 Å². The number of anilines is 1. The van der Waals surface area contributed by atoms with Crippen LogP contribution in [0.5, 0.6) is 5.75 Å². The second kappa shape index (κ2) is 3.93. The van der Waals surface area contributed by atoms with Gasteiger partial charge in [0, 0.05) is 6.07 Å². The second-order valence-corrected chi connectivity index (χ2v) is 2.66. The minimum atomic E-state index is -1.06. The molecule has 1 unspecified atom stereocenters. The monoisotopic (exact) mass is 198 g/mol. The Kier molecular flexibility index (Phi) is 2.88. The number of hydrogen-bond donors (Lipinski definition) is 2. The maximum Gasteiger partial charge on any atom is 0.295 e. The molecule has 0 heterocycles. The molecule has 1 aromatic rings. The van der Waals surface area contributed by atoms with Crippen LogP contribution in [0.3, 0.4) is 0 Å². The zero-order chi connectivity index (χ0) is 10.7. The molecule has 1 atom stereocenters. The van der Waals surface area contributed by atoms with E-state index in [1.54, 1.807) is 0 Å². The van der Waals surface area contributed by atoms with Crippen molar-refractivity contribution in [3.63, 3.8) is 0 Å². The van der Waals surface area contributed by atoms with Crippen molar-refractivity contribution in [3.05, 3.63) is 28.3 Å². The smallest absolute Gasteiger partial charge is 0.295 e. The molecule has 6 heteroatoms. The average Bonchev–Trinajstić information content (AvgIpc) is 2.07. The van der Waals surface area contributed by atoms with Gasteiger partial charge in [-0.3, -0.25) is 10.1 Å². The van der Waals surface area contributed by atoms with Crippen LogP contribution in [0.25, 0.3) is 0 Å². The Balaban J connectivity index is 3.07. The highest BCUT2D eigenvalue weighted by Crippen LogP contribution is 2.31. The zero-order valence-corrected chi connectivity index (χ0v) is 7.51. The SMILES string of the molecule is CC(O)Oc1cccc([N+](=O)[O-])c1N. The summed E-state index contributed by atoms with van der Waals surface area (Å²) < 4.78 is 4.86. The van der Waals surface area contributed by atoms with Crippen LogP contribution in [0.15, 0.2) is 18.2 Å². The molecule has 0 spiro atoms. The molecule has 1 aromatic carbocycles. The van der Waals surface area contributed by atoms with Gasteiger partial charge in [0.1, 0.15) is 0 Å². The van der Waals surface area contributed by atoms with Crippen molar-refractivity contribution in [1.29, 1.82) is 0 Å². The van der Waals surface area contributed by atoms with Crippen molar-refractivity contribution in [2.24, 2.45) is 0 Å². The molecule has 0 saturated carbocycles. The lowest BCUT2D eigenvalue weighted by atomic mass is 10.2. The normalized spacial score (nSPS) is 12.1. The minimum Gasteiger partial charge on any atom is -0.463 e. The fourth-order valence-electron chi connectivity index (χ4n) is 0.978. The second-order valence-electron chi connectivity index (χ2n) is 2.66. The molecule has 0 aliphatic rings. The first-order valence-corrected chi connectivity index (χ1v) is 3.90. The van der Waals surface area contributed by atoms with E-state index < -0.39 is 11.2 Å². The summed E-state index contributed by atoms with van der Waals surface area (Å²) in [5.41, 5.74) is 5.14. The number of nitrogen functional groups attached to an aromatic ring is 1. The van der Waals surface area contributed by atoms with Crippen LogP contribution in [0, 0.1) is 10.1 Å². The predicted molar refractivity (Wildman–Crippen MR) is 49.8 cm³/mol. The number of aliphatic hydroxyl groups is 1. The number of nitro groups is 1. The lowest BCUT2D eigenvalue weighted by Gasteiger charge is -2.10. The van der Waals surface area contributed by atoms with Crippen molar-refractivity contribution >= 4 is 11.4 Å². The van der Waals surface area contributed by atoms with Crippen molar-refractivity contribution < 1.29 is 14.8 Å². The first-order chi connectivity index (χ1) is 6.52. The van der Waals surface area contributed by atoms with E-state index in [0.29, 0.717) is 0 Å². The van der Waals surface area contributed by atoms with E-state index in [2.05, 4.69) is 0 Å². The molecule has 6 nitrogen and oxygen atoms in total. The fourth-order valence-corrected chi connectivity index (χ4v) is 0.978. The molecule has 0 amide bonds. The molecule has 0 aliphatic carbocycles. The van der Waals surface area contributed by atoms with Gasteiger partial charge in [0.05, 0.1) is 4.92 Å². The Hall–Kier alpha value is -1.82. The van der Waals surface area contributed by atoms with Crippen molar-refractivity contribution in [1.82, 2.24) is 0 Å². The molecule has 0 bridgehead atoms. The molecule has 1 rings (SSSR count). The Labute approximate surface area is 80.1 Å². The molecule has 0 fully saturated rings. The molecular weight excluding hydrogens is 188 g/mol. The zero-order valence-electron chi connectivity index (χ0n) is 7.51. The van der Waals surface area contributed by atoms with E-state index in [1.165, 1.54) is 25.1 Å². The first-order valence-electron chi connectivity index (χ1n) is 3.90. The summed E-state index contributed by atoms with van der Waals surface area (Å²) in [7, 11) is 0. The van der Waals surface area contributed by atoms with Gasteiger partial charge in [-0.05, 0) is 13.0 Å². The number of benzene rings is 1. The highest BCUT2D eigenvalue weighted by atomic mass is 16.6. The van der Waals surface area contributed by atoms with Crippen LogP contribution < -0.4 is 10.5 Å². The molecule has 0 radical (unpaired) electrons. The van der Waals surface area contributed by atoms with Gasteiger partial charge in [0.15, 0.2) is 17.7 Å². The van der Waals surface area contributed by atoms with Crippen LogP contribution in [0.2, 0.25) is 0 Å². The quantitative estimate of drug-likeness (QED) is 0.325. The van der Waals surface area contributed by atoms with Crippen molar-refractivity contribution in [3.8, 4) is 5.75 Å². The lowest BCUT2D eigenvalue weighted by Crippen LogP contribution is -2.11. The summed E-state index contributed by atoms with van der Waals surface area (Å²) in [5.74, 6) is 0.106. The topological polar surface area (TPSA) is 98.6 Å². The number of rotatable bonds is 3. The highest BCUT2D eigenvalue weighted by Gasteiger charge is 2.15. The van der Waals surface area contributed by atoms with Crippen LogP contribution in [-0.4, -0.2) is 16.3 Å². The third-order valence-corrected chi connectivity index (χ3v) is 1.54. The summed E-state index contributed by atoms with van der Waals surface area (Å²) in [6.45, 7) is 1.39. The van der Waals surface area contributed by atoms with Gasteiger partial charge in [-0.2, -0.15) is 0 Å². The van der Waals surface area contributed by atoms with Gasteiger partial charge < -0.3 is 15.6 Å². The number of nitrogens with zero attached hydrogens (tertiary/aromatic N) is 1. The molecule has 76 valence electrons. The third-order valence-electron chi connectivity index (χ3n) is 1.54. The summed E-state index contributed by atoms with van der Waals surface area (Å²) in [5, 5.41) is 19.4. The van der Waals surface area contributed by atoms with Crippen LogP contribution in [0.4, 0.5) is 11.4 Å². The molecular formula is C8H10N2O4. The average molecular weight is 198 g/mol. The van der Waals surface area contributed by atoms with E-state index in [4.69, 9.17) is 15.6 Å². The van der Waals surface area contributed by atoms with E-state index in [0.717, 1.165) is 0 Å². The van der Waals surface area contributed by atoms with E-state index in [9.17, 15) is 10.1 Å². The Morgan fingerprint density at radius 3 is 2.79 bits per heavy atom. The number of para-hydroxylation sites is 1. The Bertz CT molecular complexity index is 351. The summed E-state index contributed by atoms with van der Waals surface area (Å²) >= 11 is 0. The minimum absolute atomic E-state index is 0.0848. The molecule has 0 saturated heterocycles. The van der Waals surface area contributed by atoms with Crippen LogP contribution in [0.1, 0.15) is 6.92 Å². The van der Waals surface area contributed by atoms with Crippen molar-refractivity contribution in [2.45, 2.75) is 13.2 Å². The van der Waals surface area contributed by atoms with E-state index >= 15 is 0 Å². The molecule has 0 aliphatic heterocycles. The molecule has 0 aromatic heterocycles. The Morgan fingerprint density at radius 2 is 2.29 bits per heavy atom. The van der Waals surface area contributed by atoms with Crippen LogP contribution in [-0.2, 0) is 0 Å². The Morgan fingerprint density at radius 1 is 1.64 bits per heavy atom. The number of ether oxygens (including phenoxy) is 1. The predicted octanol–water partition coefficient (Wildman–Crippen LogP) is 0.894. The summed E-state index contributed by atoms with van der Waals surface area (Å²) in [6, 6.07) is 4.16. The standard InChI is InChI=1S/C8H10N2O4/c1-5(11)14-7-4-2-3-6(8(7)9)10(12)13/h2-5,11H,9H2,1H3. The van der Waals surface area contributed by atoms with Gasteiger partial charge >= 0.3 is 0 Å². The van der Waals surface area contributed by atoms with E-state index in [1.807, 2.05) is 0 Å². The number of hydrogen-bond acceptors (Lipinski definition) is 5. The largest absolute Gasteiger partial charge is 0.463 e. The molecule has 14 heavy (non-hydrogen) atoms. The van der Waals surface area contributed by atoms with Gasteiger partial charge in [-0.15, -0.1) is 0 Å². The summed E-state index contributed by atoms with van der Waals surface area (Å²) in [6.07, 6.45) is -1.06. The number of nitro benzene ring substituents is 1. The van der Waals surface area contributed by atoms with Gasteiger partial charge in [-0.25, -0.2) is 0 Å². The van der Waals surface area contributed by atoms with Crippen molar-refractivity contribution in [2.75, 3.05) is 5.73 Å². The fraction of sp³-hybridized carbons (Fsp3) is 0.250. The lowest BCUT2D eigenvalue weighted by molar-refractivity contribution is -0.384. The van der Waals surface area contributed by atoms with Crippen LogP contribution >= 0.6 is 0 Å². The maximum absolute atomic E-state index is 10.5. The number of nitrogens with two attached hydrogens (primary N) is 1. The van der Waals surface area contributed by atoms with Gasteiger partial charge in [0.2, 0.25) is 0 Å². The number of aliphatic hydroxyl groups excluding tert-OH is 1.